The summed E-state index contributed by atoms with van der Waals surface area (Å²) in [4.78, 5) is 40.8. The number of hydrogen-bond acceptors (Lipinski definition) is 6. The van der Waals surface area contributed by atoms with E-state index >= 15 is 0 Å². The molecule has 0 aromatic carbocycles. The molecule has 24 heavy (non-hydrogen) atoms. The number of amides is 2. The number of rotatable bonds is 3. The van der Waals surface area contributed by atoms with Crippen molar-refractivity contribution in [2.75, 3.05) is 26.7 Å². The smallest absolute Gasteiger partial charge is 0.290 e. The standard InChI is InChI=1S/C14H22N4O3.CH2O2/c1-9(2)17-5-6-18(12(7-17)13(19)15-4)14(20)11-8-21-10(3)16-11;2-1-3/h8-9,12H,5-7H2,1-4H3,(H,15,19);1H,(H,2,3). The first kappa shape index (κ1) is 19.6. The van der Waals surface area contributed by atoms with E-state index in [0.717, 1.165) is 6.54 Å². The first-order chi connectivity index (χ1) is 11.3. The number of carbonyl (C=O) groups excluding carboxylic acids is 2. The molecular formula is C15H24N4O5. The Kier molecular flexibility index (Phi) is 7.37. The third-order valence-corrected chi connectivity index (χ3v) is 3.79. The second kappa shape index (κ2) is 9.02. The van der Waals surface area contributed by atoms with E-state index < -0.39 is 6.04 Å². The van der Waals surface area contributed by atoms with Crippen LogP contribution in [0.2, 0.25) is 0 Å². The van der Waals surface area contributed by atoms with Gasteiger partial charge in [0.2, 0.25) is 5.91 Å². The summed E-state index contributed by atoms with van der Waals surface area (Å²) < 4.78 is 5.09. The number of piperazine rings is 1. The van der Waals surface area contributed by atoms with E-state index in [1.807, 2.05) is 0 Å². The molecule has 1 fully saturated rings. The second-order valence-electron chi connectivity index (χ2n) is 5.57. The molecule has 0 saturated carbocycles. The quantitative estimate of drug-likeness (QED) is 0.742. The summed E-state index contributed by atoms with van der Waals surface area (Å²) in [5, 5.41) is 9.52. The maximum absolute atomic E-state index is 12.5. The third-order valence-electron chi connectivity index (χ3n) is 3.79. The topological polar surface area (TPSA) is 116 Å². The molecule has 0 aliphatic carbocycles. The van der Waals surface area contributed by atoms with Crippen LogP contribution < -0.4 is 5.32 Å². The Labute approximate surface area is 140 Å². The van der Waals surface area contributed by atoms with Crippen LogP contribution in [0.15, 0.2) is 10.7 Å². The van der Waals surface area contributed by atoms with Crippen molar-refractivity contribution in [2.45, 2.75) is 32.9 Å². The second-order valence-corrected chi connectivity index (χ2v) is 5.57. The van der Waals surface area contributed by atoms with Crippen molar-refractivity contribution < 1.29 is 23.9 Å². The van der Waals surface area contributed by atoms with Gasteiger partial charge < -0.3 is 19.7 Å². The molecule has 2 heterocycles. The fourth-order valence-corrected chi connectivity index (χ4v) is 2.52. The molecule has 1 unspecified atom stereocenters. The zero-order valence-electron chi connectivity index (χ0n) is 14.4. The minimum atomic E-state index is -0.504. The van der Waals surface area contributed by atoms with Gasteiger partial charge in [0.25, 0.3) is 12.4 Å². The van der Waals surface area contributed by atoms with Crippen LogP contribution >= 0.6 is 0 Å². The molecule has 1 atom stereocenters. The van der Waals surface area contributed by atoms with Crippen molar-refractivity contribution in [3.05, 3.63) is 17.8 Å². The first-order valence-corrected chi connectivity index (χ1v) is 7.62. The Bertz CT molecular complexity index is 572. The molecular weight excluding hydrogens is 316 g/mol. The zero-order valence-corrected chi connectivity index (χ0v) is 14.4. The van der Waals surface area contributed by atoms with E-state index in [1.54, 1.807) is 18.9 Å². The molecule has 2 N–H and O–H groups in total. The van der Waals surface area contributed by atoms with Gasteiger partial charge in [-0.05, 0) is 13.8 Å². The predicted octanol–water partition coefficient (Wildman–Crippen LogP) is -0.0354. The molecule has 9 nitrogen and oxygen atoms in total. The summed E-state index contributed by atoms with van der Waals surface area (Å²) in [6, 6.07) is -0.167. The lowest BCUT2D eigenvalue weighted by Gasteiger charge is -2.41. The van der Waals surface area contributed by atoms with Crippen molar-refractivity contribution in [2.24, 2.45) is 0 Å². The lowest BCUT2D eigenvalue weighted by molar-refractivity contribution is -0.127. The number of likely N-dealkylation sites (N-methyl/N-ethyl adjacent to an activating group) is 1. The zero-order chi connectivity index (χ0) is 18.3. The minimum Gasteiger partial charge on any atom is -0.483 e. The van der Waals surface area contributed by atoms with E-state index in [-0.39, 0.29) is 24.0 Å². The number of aryl methyl sites for hydroxylation is 1. The van der Waals surface area contributed by atoms with Crippen molar-refractivity contribution in [1.82, 2.24) is 20.1 Å². The van der Waals surface area contributed by atoms with Crippen LogP contribution in [0, 0.1) is 6.92 Å². The van der Waals surface area contributed by atoms with Crippen LogP contribution in [0.1, 0.15) is 30.2 Å². The highest BCUT2D eigenvalue weighted by atomic mass is 16.3. The molecule has 2 rings (SSSR count). The van der Waals surface area contributed by atoms with Crippen molar-refractivity contribution in [3.63, 3.8) is 0 Å². The Balaban J connectivity index is 0.000000891. The normalized spacial score (nSPS) is 17.9. The van der Waals surface area contributed by atoms with Crippen LogP contribution in [0.3, 0.4) is 0 Å². The summed E-state index contributed by atoms with van der Waals surface area (Å²) in [5.41, 5.74) is 0.249. The Morgan fingerprint density at radius 2 is 2.08 bits per heavy atom. The largest absolute Gasteiger partial charge is 0.483 e. The van der Waals surface area contributed by atoms with Crippen LogP contribution in [0.5, 0.6) is 0 Å². The van der Waals surface area contributed by atoms with Gasteiger partial charge in [0.15, 0.2) is 11.6 Å². The number of nitrogens with zero attached hydrogens (tertiary/aromatic N) is 3. The van der Waals surface area contributed by atoms with Gasteiger partial charge in [-0.3, -0.25) is 19.3 Å². The van der Waals surface area contributed by atoms with Gasteiger partial charge in [0.1, 0.15) is 12.3 Å². The molecule has 1 aliphatic heterocycles. The van der Waals surface area contributed by atoms with Crippen LogP contribution in [-0.2, 0) is 9.59 Å². The van der Waals surface area contributed by atoms with Crippen molar-refractivity contribution >= 4 is 18.3 Å². The Hall–Kier alpha value is -2.42. The number of carbonyl (C=O) groups is 3. The summed E-state index contributed by atoms with van der Waals surface area (Å²) in [5.74, 6) is 0.0217. The van der Waals surface area contributed by atoms with E-state index in [2.05, 4.69) is 29.0 Å². The van der Waals surface area contributed by atoms with Gasteiger partial charge in [0.05, 0.1) is 0 Å². The molecule has 134 valence electrons. The van der Waals surface area contributed by atoms with Gasteiger partial charge in [-0.15, -0.1) is 0 Å². The fraction of sp³-hybridized carbons (Fsp3) is 0.600. The highest BCUT2D eigenvalue weighted by molar-refractivity contribution is 5.96. The fourth-order valence-electron chi connectivity index (χ4n) is 2.52. The van der Waals surface area contributed by atoms with E-state index in [0.29, 0.717) is 25.0 Å². The molecule has 9 heteroatoms. The molecule has 1 aromatic heterocycles. The molecule has 0 radical (unpaired) electrons. The third kappa shape index (κ3) is 4.79. The molecule has 0 bridgehead atoms. The van der Waals surface area contributed by atoms with Gasteiger partial charge >= 0.3 is 0 Å². The molecule has 1 aromatic rings. The van der Waals surface area contributed by atoms with Gasteiger partial charge in [0, 0.05) is 39.6 Å². The Morgan fingerprint density at radius 1 is 1.46 bits per heavy atom. The van der Waals surface area contributed by atoms with Crippen LogP contribution in [-0.4, -0.2) is 76.9 Å². The first-order valence-electron chi connectivity index (χ1n) is 7.62. The van der Waals surface area contributed by atoms with Crippen LogP contribution in [0.4, 0.5) is 0 Å². The average molecular weight is 340 g/mol. The maximum atomic E-state index is 12.5. The number of nitrogens with one attached hydrogen (secondary N) is 1. The SMILES string of the molecule is CNC(=O)C1CN(C(C)C)CCN1C(=O)c1coc(C)n1.O=CO. The summed E-state index contributed by atoms with van der Waals surface area (Å²) in [6.45, 7) is 7.37. The molecule has 0 spiro atoms. The predicted molar refractivity (Wildman–Crippen MR) is 85.5 cm³/mol. The number of hydrogen-bond donors (Lipinski definition) is 2. The van der Waals surface area contributed by atoms with Gasteiger partial charge in [-0.2, -0.15) is 0 Å². The molecule has 1 saturated heterocycles. The highest BCUT2D eigenvalue weighted by Gasteiger charge is 2.36. The average Bonchev–Trinajstić information content (AvgIpc) is 3.00. The van der Waals surface area contributed by atoms with Gasteiger partial charge in [-0.1, -0.05) is 0 Å². The van der Waals surface area contributed by atoms with Crippen LogP contribution in [0.25, 0.3) is 0 Å². The lowest BCUT2D eigenvalue weighted by Crippen LogP contribution is -2.61. The van der Waals surface area contributed by atoms with Crippen molar-refractivity contribution in [3.8, 4) is 0 Å². The van der Waals surface area contributed by atoms with E-state index in [1.165, 1.54) is 6.26 Å². The summed E-state index contributed by atoms with van der Waals surface area (Å²) >= 11 is 0. The number of carboxylic acid groups (broad SMARTS) is 1. The van der Waals surface area contributed by atoms with E-state index in [4.69, 9.17) is 14.3 Å². The minimum absolute atomic E-state index is 0.158. The number of oxazole rings is 1. The lowest BCUT2D eigenvalue weighted by atomic mass is 10.1. The molecule has 1 aliphatic rings. The highest BCUT2D eigenvalue weighted by Crippen LogP contribution is 2.16. The van der Waals surface area contributed by atoms with Crippen molar-refractivity contribution in [1.29, 1.82) is 0 Å². The Morgan fingerprint density at radius 3 is 2.54 bits per heavy atom. The van der Waals surface area contributed by atoms with Gasteiger partial charge in [-0.25, -0.2) is 4.98 Å². The maximum Gasteiger partial charge on any atom is 0.290 e. The monoisotopic (exact) mass is 340 g/mol. The number of aromatic nitrogens is 1. The van der Waals surface area contributed by atoms with E-state index in [9.17, 15) is 9.59 Å². The summed E-state index contributed by atoms with van der Waals surface area (Å²) in [6.07, 6.45) is 1.34. The summed E-state index contributed by atoms with van der Waals surface area (Å²) in [7, 11) is 1.58. The molecule has 2 amide bonds.